The number of aliphatic carboxylic acids is 1. The van der Waals surface area contributed by atoms with Gasteiger partial charge in [-0.25, -0.2) is 0 Å². The number of amides is 1. The fourth-order valence-electron chi connectivity index (χ4n) is 1.80. The van der Waals surface area contributed by atoms with Crippen molar-refractivity contribution in [2.45, 2.75) is 13.5 Å². The number of nitrogens with one attached hydrogen (secondary N) is 1. The van der Waals surface area contributed by atoms with E-state index >= 15 is 0 Å². The number of aromatic nitrogens is 2. The first-order chi connectivity index (χ1) is 10.0. The average Bonchev–Trinajstić information content (AvgIpc) is 2.85. The number of nitrogens with zero attached hydrogens (tertiary/aromatic N) is 2. The van der Waals surface area contributed by atoms with E-state index in [0.29, 0.717) is 5.82 Å². The predicted octanol–water partition coefficient (Wildman–Crippen LogP) is 2.01. The zero-order chi connectivity index (χ0) is 15.2. The van der Waals surface area contributed by atoms with Crippen molar-refractivity contribution in [1.82, 2.24) is 9.78 Å². The summed E-state index contributed by atoms with van der Waals surface area (Å²) in [5.41, 5.74) is 1.79. The Morgan fingerprint density at radius 1 is 1.29 bits per heavy atom. The van der Waals surface area contributed by atoms with Crippen LogP contribution in [0.25, 0.3) is 5.57 Å². The van der Waals surface area contributed by atoms with Crippen LogP contribution in [-0.2, 0) is 16.1 Å². The van der Waals surface area contributed by atoms with E-state index in [1.54, 1.807) is 6.07 Å². The summed E-state index contributed by atoms with van der Waals surface area (Å²) in [6.07, 6.45) is 2.98. The molecule has 21 heavy (non-hydrogen) atoms. The summed E-state index contributed by atoms with van der Waals surface area (Å²) in [6, 6.07) is 11.1. The van der Waals surface area contributed by atoms with E-state index in [9.17, 15) is 9.59 Å². The number of allylic oxidation sites excluding steroid dienone is 1. The summed E-state index contributed by atoms with van der Waals surface area (Å²) in [4.78, 5) is 22.4. The lowest BCUT2D eigenvalue weighted by molar-refractivity contribution is -0.137. The van der Waals surface area contributed by atoms with E-state index in [-0.39, 0.29) is 12.5 Å². The van der Waals surface area contributed by atoms with Crippen LogP contribution in [0.5, 0.6) is 0 Å². The van der Waals surface area contributed by atoms with Gasteiger partial charge in [0.1, 0.15) is 6.54 Å². The fourth-order valence-corrected chi connectivity index (χ4v) is 1.80. The van der Waals surface area contributed by atoms with E-state index in [4.69, 9.17) is 5.11 Å². The topological polar surface area (TPSA) is 84.2 Å². The second-order valence-electron chi connectivity index (χ2n) is 4.47. The normalized spacial score (nSPS) is 11.2. The molecule has 2 aromatic rings. The zero-order valence-electron chi connectivity index (χ0n) is 11.5. The van der Waals surface area contributed by atoms with Crippen molar-refractivity contribution < 1.29 is 14.7 Å². The Balaban J connectivity index is 2.01. The van der Waals surface area contributed by atoms with Crippen LogP contribution in [-0.4, -0.2) is 26.8 Å². The fraction of sp³-hybridized carbons (Fsp3) is 0.133. The van der Waals surface area contributed by atoms with Gasteiger partial charge in [0, 0.05) is 18.3 Å². The first-order valence-electron chi connectivity index (χ1n) is 6.34. The van der Waals surface area contributed by atoms with Crippen molar-refractivity contribution >= 4 is 23.3 Å². The third kappa shape index (κ3) is 4.31. The number of anilines is 1. The van der Waals surface area contributed by atoms with Crippen molar-refractivity contribution in [2.24, 2.45) is 0 Å². The van der Waals surface area contributed by atoms with Crippen LogP contribution < -0.4 is 5.32 Å². The Bertz CT molecular complexity index is 674. The molecule has 0 aliphatic heterocycles. The Morgan fingerprint density at radius 2 is 2.00 bits per heavy atom. The quantitative estimate of drug-likeness (QED) is 0.823. The van der Waals surface area contributed by atoms with E-state index in [2.05, 4.69) is 10.4 Å². The average molecular weight is 285 g/mol. The van der Waals surface area contributed by atoms with E-state index in [1.807, 2.05) is 37.3 Å². The molecule has 1 aromatic heterocycles. The lowest BCUT2D eigenvalue weighted by Crippen LogP contribution is -2.12. The first-order valence-corrected chi connectivity index (χ1v) is 6.34. The van der Waals surface area contributed by atoms with Gasteiger partial charge < -0.3 is 10.4 Å². The monoisotopic (exact) mass is 285 g/mol. The van der Waals surface area contributed by atoms with Gasteiger partial charge in [-0.15, -0.1) is 0 Å². The molecule has 108 valence electrons. The molecule has 0 aliphatic rings. The molecule has 0 saturated heterocycles. The summed E-state index contributed by atoms with van der Waals surface area (Å²) in [6.45, 7) is 1.60. The molecule has 0 spiro atoms. The molecule has 2 N–H and O–H groups in total. The lowest BCUT2D eigenvalue weighted by atomic mass is 10.1. The largest absolute Gasteiger partial charge is 0.480 e. The highest BCUT2D eigenvalue weighted by molar-refractivity contribution is 6.03. The van der Waals surface area contributed by atoms with Crippen LogP contribution in [0.1, 0.15) is 12.5 Å². The van der Waals surface area contributed by atoms with Gasteiger partial charge in [-0.1, -0.05) is 30.3 Å². The summed E-state index contributed by atoms with van der Waals surface area (Å²) in [5.74, 6) is -0.980. The molecule has 2 rings (SSSR count). The number of carboxylic acid groups (broad SMARTS) is 1. The Morgan fingerprint density at radius 3 is 2.67 bits per heavy atom. The van der Waals surface area contributed by atoms with Crippen molar-refractivity contribution in [3.63, 3.8) is 0 Å². The number of rotatable bonds is 5. The standard InChI is InChI=1S/C15H15N3O3/c1-11(12-5-3-2-4-6-12)9-14(19)16-13-7-8-18(17-13)10-15(20)21/h2-9H,10H2,1H3,(H,20,21)(H,16,17,19)/b11-9+. The van der Waals surface area contributed by atoms with Gasteiger partial charge in [-0.3, -0.25) is 14.3 Å². The minimum absolute atomic E-state index is 0.241. The molecule has 0 atom stereocenters. The molecule has 6 heteroatoms. The van der Waals surface area contributed by atoms with Crippen LogP contribution in [0.4, 0.5) is 5.82 Å². The SMILES string of the molecule is C/C(=C\C(=O)Nc1ccn(CC(=O)O)n1)c1ccccc1. The van der Waals surface area contributed by atoms with E-state index in [1.165, 1.54) is 17.0 Å². The van der Waals surface area contributed by atoms with Crippen molar-refractivity contribution in [2.75, 3.05) is 5.32 Å². The van der Waals surface area contributed by atoms with Gasteiger partial charge in [0.15, 0.2) is 5.82 Å². The van der Waals surface area contributed by atoms with Gasteiger partial charge >= 0.3 is 5.97 Å². The molecule has 1 heterocycles. The van der Waals surface area contributed by atoms with Crippen LogP contribution in [0, 0.1) is 0 Å². The van der Waals surface area contributed by atoms with Gasteiger partial charge in [-0.2, -0.15) is 5.10 Å². The van der Waals surface area contributed by atoms with Crippen LogP contribution >= 0.6 is 0 Å². The van der Waals surface area contributed by atoms with Gasteiger partial charge in [-0.05, 0) is 18.1 Å². The number of carbonyl (C=O) groups is 2. The molecule has 0 saturated carbocycles. The minimum atomic E-state index is -0.990. The van der Waals surface area contributed by atoms with Crippen molar-refractivity contribution in [3.8, 4) is 0 Å². The molecule has 0 aliphatic carbocycles. The maximum Gasteiger partial charge on any atom is 0.325 e. The van der Waals surface area contributed by atoms with Crippen molar-refractivity contribution in [3.05, 3.63) is 54.2 Å². The molecule has 1 aromatic carbocycles. The molecule has 6 nitrogen and oxygen atoms in total. The third-order valence-electron chi connectivity index (χ3n) is 2.77. The molecular formula is C15H15N3O3. The van der Waals surface area contributed by atoms with E-state index in [0.717, 1.165) is 11.1 Å². The summed E-state index contributed by atoms with van der Waals surface area (Å²) < 4.78 is 1.24. The summed E-state index contributed by atoms with van der Waals surface area (Å²) in [7, 11) is 0. The Hall–Kier alpha value is -2.89. The van der Waals surface area contributed by atoms with Crippen LogP contribution in [0.15, 0.2) is 48.7 Å². The van der Waals surface area contributed by atoms with Gasteiger partial charge in [0.25, 0.3) is 0 Å². The van der Waals surface area contributed by atoms with Gasteiger partial charge in [0.2, 0.25) is 5.91 Å². The zero-order valence-corrected chi connectivity index (χ0v) is 11.5. The maximum atomic E-state index is 11.9. The predicted molar refractivity (Wildman–Crippen MR) is 78.6 cm³/mol. The highest BCUT2D eigenvalue weighted by Gasteiger charge is 2.05. The highest BCUT2D eigenvalue weighted by atomic mass is 16.4. The third-order valence-corrected chi connectivity index (χ3v) is 2.77. The number of hydrogen-bond donors (Lipinski definition) is 2. The number of hydrogen-bond acceptors (Lipinski definition) is 3. The molecule has 1 amide bonds. The minimum Gasteiger partial charge on any atom is -0.480 e. The molecule has 0 unspecified atom stereocenters. The lowest BCUT2D eigenvalue weighted by Gasteiger charge is -2.02. The molecular weight excluding hydrogens is 270 g/mol. The van der Waals surface area contributed by atoms with Crippen LogP contribution in [0.3, 0.4) is 0 Å². The summed E-state index contributed by atoms with van der Waals surface area (Å²) >= 11 is 0. The first kappa shape index (κ1) is 14.5. The molecule has 0 bridgehead atoms. The van der Waals surface area contributed by atoms with Crippen LogP contribution in [0.2, 0.25) is 0 Å². The number of carbonyl (C=O) groups excluding carboxylic acids is 1. The van der Waals surface area contributed by atoms with Crippen molar-refractivity contribution in [1.29, 1.82) is 0 Å². The second kappa shape index (κ2) is 6.51. The Labute approximate surface area is 121 Å². The smallest absolute Gasteiger partial charge is 0.325 e. The van der Waals surface area contributed by atoms with Gasteiger partial charge in [0.05, 0.1) is 0 Å². The Kier molecular flexibility index (Phi) is 4.50. The maximum absolute atomic E-state index is 11.9. The van der Waals surface area contributed by atoms with E-state index < -0.39 is 5.97 Å². The molecule has 0 fully saturated rings. The highest BCUT2D eigenvalue weighted by Crippen LogP contribution is 2.13. The molecule has 0 radical (unpaired) electrons. The summed E-state index contributed by atoms with van der Waals surface area (Å²) in [5, 5.41) is 15.2. The second-order valence-corrected chi connectivity index (χ2v) is 4.47. The number of benzene rings is 1. The number of carboxylic acids is 1.